The molecule has 4 rings (SSSR count). The highest BCUT2D eigenvalue weighted by atomic mass is 32.1. The van der Waals surface area contributed by atoms with Crippen molar-refractivity contribution in [2.75, 3.05) is 20.1 Å². The van der Waals surface area contributed by atoms with Gasteiger partial charge in [-0.1, -0.05) is 0 Å². The molecule has 0 radical (unpaired) electrons. The predicted molar refractivity (Wildman–Crippen MR) is 101 cm³/mol. The van der Waals surface area contributed by atoms with Crippen molar-refractivity contribution in [2.45, 2.75) is 13.0 Å². The van der Waals surface area contributed by atoms with Gasteiger partial charge in [-0.3, -0.25) is 19.3 Å². The summed E-state index contributed by atoms with van der Waals surface area (Å²) in [4.78, 5) is 34.7. The van der Waals surface area contributed by atoms with Crippen LogP contribution >= 0.6 is 11.3 Å². The summed E-state index contributed by atoms with van der Waals surface area (Å²) < 4.78 is 1.60. The predicted octanol–water partition coefficient (Wildman–Crippen LogP) is 1.46. The molecule has 138 valence electrons. The van der Waals surface area contributed by atoms with Crippen LogP contribution in [0, 0.1) is 0 Å². The van der Waals surface area contributed by atoms with Crippen molar-refractivity contribution in [3.63, 3.8) is 0 Å². The van der Waals surface area contributed by atoms with Gasteiger partial charge in [-0.05, 0) is 12.1 Å². The fraction of sp³-hybridized carbons (Fsp3) is 0.278. The highest BCUT2D eigenvalue weighted by Crippen LogP contribution is 2.22. The van der Waals surface area contributed by atoms with Crippen LogP contribution < -0.4 is 5.32 Å². The van der Waals surface area contributed by atoms with Gasteiger partial charge in [0.1, 0.15) is 10.7 Å². The minimum atomic E-state index is -0.282. The number of likely N-dealkylation sites (N-methyl/N-ethyl adjacent to an activating group) is 1. The van der Waals surface area contributed by atoms with Gasteiger partial charge in [0.2, 0.25) is 0 Å². The molecular weight excluding hydrogens is 364 g/mol. The number of amides is 2. The van der Waals surface area contributed by atoms with E-state index < -0.39 is 0 Å². The van der Waals surface area contributed by atoms with Gasteiger partial charge in [-0.15, -0.1) is 11.3 Å². The van der Waals surface area contributed by atoms with E-state index in [1.165, 1.54) is 0 Å². The average molecular weight is 382 g/mol. The van der Waals surface area contributed by atoms with Gasteiger partial charge in [0.05, 0.1) is 12.2 Å². The second-order valence-electron chi connectivity index (χ2n) is 6.26. The van der Waals surface area contributed by atoms with Crippen LogP contribution in [0.2, 0.25) is 0 Å². The number of rotatable bonds is 5. The molecule has 9 heteroatoms. The molecule has 27 heavy (non-hydrogen) atoms. The highest BCUT2D eigenvalue weighted by molar-refractivity contribution is 7.13. The molecule has 0 saturated carbocycles. The van der Waals surface area contributed by atoms with Crippen LogP contribution in [-0.4, -0.2) is 56.6 Å². The maximum Gasteiger partial charge on any atom is 0.271 e. The van der Waals surface area contributed by atoms with Crippen LogP contribution in [0.5, 0.6) is 0 Å². The Balaban J connectivity index is 1.35. The van der Waals surface area contributed by atoms with E-state index in [-0.39, 0.29) is 17.5 Å². The molecule has 1 aliphatic rings. The summed E-state index contributed by atoms with van der Waals surface area (Å²) in [6, 6.07) is 5.40. The number of nitrogens with one attached hydrogen (secondary N) is 1. The number of fused-ring (bicyclic) bond motifs is 1. The summed E-state index contributed by atoms with van der Waals surface area (Å²) in [5, 5.41) is 9.98. The Morgan fingerprint density at radius 2 is 2.26 bits per heavy atom. The summed E-state index contributed by atoms with van der Waals surface area (Å²) in [6.07, 6.45) is 4.13. The van der Waals surface area contributed by atoms with E-state index in [9.17, 15) is 9.59 Å². The Morgan fingerprint density at radius 1 is 1.37 bits per heavy atom. The lowest BCUT2D eigenvalue weighted by Gasteiger charge is -2.22. The van der Waals surface area contributed by atoms with E-state index in [0.717, 1.165) is 16.3 Å². The zero-order valence-corrected chi connectivity index (χ0v) is 15.6. The van der Waals surface area contributed by atoms with Gasteiger partial charge < -0.3 is 10.2 Å². The molecule has 1 N–H and O–H groups in total. The van der Waals surface area contributed by atoms with Crippen molar-refractivity contribution >= 4 is 23.2 Å². The standard InChI is InChI=1S/C18H18N6O2S/c1-23-7-8-24-15(18(23)26)9-14(22-24)16(25)20-6-4-13-11-27-17(21-13)12-3-2-5-19-10-12/h2-3,5,9-11H,4,6-8H2,1H3,(H,20,25). The van der Waals surface area contributed by atoms with Crippen LogP contribution in [0.4, 0.5) is 0 Å². The molecule has 3 aromatic heterocycles. The zero-order valence-electron chi connectivity index (χ0n) is 14.8. The second-order valence-corrected chi connectivity index (χ2v) is 7.11. The van der Waals surface area contributed by atoms with Crippen molar-refractivity contribution in [1.82, 2.24) is 30.0 Å². The Morgan fingerprint density at radius 3 is 3.07 bits per heavy atom. The van der Waals surface area contributed by atoms with Crippen LogP contribution in [0.25, 0.3) is 10.6 Å². The fourth-order valence-corrected chi connectivity index (χ4v) is 3.70. The molecule has 0 saturated heterocycles. The third-order valence-corrected chi connectivity index (χ3v) is 5.29. The van der Waals surface area contributed by atoms with Gasteiger partial charge in [-0.25, -0.2) is 4.98 Å². The first kappa shape index (κ1) is 17.3. The minimum absolute atomic E-state index is 0.113. The third kappa shape index (κ3) is 3.59. The van der Waals surface area contributed by atoms with E-state index in [2.05, 4.69) is 20.4 Å². The molecule has 0 aliphatic carbocycles. The average Bonchev–Trinajstić information content (AvgIpc) is 3.33. The van der Waals surface area contributed by atoms with Crippen molar-refractivity contribution < 1.29 is 9.59 Å². The number of hydrogen-bond donors (Lipinski definition) is 1. The van der Waals surface area contributed by atoms with E-state index >= 15 is 0 Å². The molecule has 0 atom stereocenters. The molecule has 4 heterocycles. The third-order valence-electron chi connectivity index (χ3n) is 4.35. The molecule has 1 aliphatic heterocycles. The first-order chi connectivity index (χ1) is 13.1. The lowest BCUT2D eigenvalue weighted by atomic mass is 10.2. The van der Waals surface area contributed by atoms with Gasteiger partial charge in [0.15, 0.2) is 5.69 Å². The molecule has 2 amide bonds. The van der Waals surface area contributed by atoms with Crippen molar-refractivity contribution in [1.29, 1.82) is 0 Å². The fourth-order valence-electron chi connectivity index (χ4n) is 2.85. The largest absolute Gasteiger partial charge is 0.350 e. The van der Waals surface area contributed by atoms with Gasteiger partial charge >= 0.3 is 0 Å². The molecule has 8 nitrogen and oxygen atoms in total. The lowest BCUT2D eigenvalue weighted by molar-refractivity contribution is 0.0742. The smallest absolute Gasteiger partial charge is 0.271 e. The molecule has 0 spiro atoms. The molecule has 0 fully saturated rings. The summed E-state index contributed by atoms with van der Waals surface area (Å²) in [5.41, 5.74) is 2.62. The van der Waals surface area contributed by atoms with Crippen LogP contribution in [0.15, 0.2) is 36.0 Å². The van der Waals surface area contributed by atoms with Crippen LogP contribution in [0.1, 0.15) is 26.7 Å². The number of carbonyl (C=O) groups excluding carboxylic acids is 2. The maximum absolute atomic E-state index is 12.3. The van der Waals surface area contributed by atoms with Gasteiger partial charge in [0.25, 0.3) is 11.8 Å². The number of carbonyl (C=O) groups is 2. The molecule has 0 bridgehead atoms. The second kappa shape index (κ2) is 7.28. The number of hydrogen-bond acceptors (Lipinski definition) is 6. The molecule has 3 aromatic rings. The van der Waals surface area contributed by atoms with Crippen molar-refractivity contribution in [2.24, 2.45) is 0 Å². The summed E-state index contributed by atoms with van der Waals surface area (Å²) in [7, 11) is 1.74. The SMILES string of the molecule is CN1CCn2nc(C(=O)NCCc3csc(-c4cccnc4)n3)cc2C1=O. The normalized spacial score (nSPS) is 13.5. The Labute approximate surface area is 159 Å². The zero-order chi connectivity index (χ0) is 18.8. The molecule has 0 unspecified atom stereocenters. The van der Waals surface area contributed by atoms with Gasteiger partial charge in [-0.2, -0.15) is 5.10 Å². The van der Waals surface area contributed by atoms with Crippen LogP contribution in [-0.2, 0) is 13.0 Å². The summed E-state index contributed by atoms with van der Waals surface area (Å²) in [5.74, 6) is -0.395. The quantitative estimate of drug-likeness (QED) is 0.721. The van der Waals surface area contributed by atoms with Crippen molar-refractivity contribution in [3.8, 4) is 10.6 Å². The van der Waals surface area contributed by atoms with Crippen LogP contribution in [0.3, 0.4) is 0 Å². The van der Waals surface area contributed by atoms with E-state index in [4.69, 9.17) is 0 Å². The van der Waals surface area contributed by atoms with Crippen molar-refractivity contribution in [3.05, 3.63) is 53.1 Å². The minimum Gasteiger partial charge on any atom is -0.350 e. The monoisotopic (exact) mass is 382 g/mol. The number of nitrogens with zero attached hydrogens (tertiary/aromatic N) is 5. The number of thiazole rings is 1. The van der Waals surface area contributed by atoms with E-state index in [0.29, 0.717) is 31.7 Å². The number of aromatic nitrogens is 4. The molecule has 0 aromatic carbocycles. The van der Waals surface area contributed by atoms with E-state index in [1.807, 2.05) is 17.5 Å². The highest BCUT2D eigenvalue weighted by Gasteiger charge is 2.25. The lowest BCUT2D eigenvalue weighted by Crippen LogP contribution is -2.37. The molecular formula is C18H18N6O2S. The van der Waals surface area contributed by atoms with Gasteiger partial charge in [0, 0.05) is 56.0 Å². The number of pyridine rings is 1. The Bertz CT molecular complexity index is 981. The Hall–Kier alpha value is -3.07. The summed E-state index contributed by atoms with van der Waals surface area (Å²) in [6.45, 7) is 1.64. The maximum atomic E-state index is 12.3. The topological polar surface area (TPSA) is 93.0 Å². The van der Waals surface area contributed by atoms with E-state index in [1.54, 1.807) is 46.4 Å². The Kier molecular flexibility index (Phi) is 4.68. The first-order valence-corrected chi connectivity index (χ1v) is 9.46. The first-order valence-electron chi connectivity index (χ1n) is 8.58. The summed E-state index contributed by atoms with van der Waals surface area (Å²) >= 11 is 1.55.